The number of halogens is 1. The Labute approximate surface area is 79.5 Å². The number of nitrogens with zero attached hydrogens (tertiary/aromatic N) is 1. The van der Waals surface area contributed by atoms with Gasteiger partial charge in [-0.05, 0) is 12.1 Å². The first-order chi connectivity index (χ1) is 6.13. The predicted molar refractivity (Wildman–Crippen MR) is 48.4 cm³/mol. The zero-order valence-corrected chi connectivity index (χ0v) is 7.38. The van der Waals surface area contributed by atoms with Crippen LogP contribution >= 0.6 is 11.6 Å². The van der Waals surface area contributed by atoms with Gasteiger partial charge in [-0.1, -0.05) is 11.6 Å². The number of carboxylic acids is 1. The third-order valence-corrected chi connectivity index (χ3v) is 1.73. The average Bonchev–Trinajstić information content (AvgIpc) is 2.08. The van der Waals surface area contributed by atoms with Crippen LogP contribution in [0.25, 0.3) is 0 Å². The molecule has 70 valence electrons. The summed E-state index contributed by atoms with van der Waals surface area (Å²) in [5.41, 5.74) is 2.60. The van der Waals surface area contributed by atoms with Gasteiger partial charge in [-0.3, -0.25) is 4.79 Å². The zero-order chi connectivity index (χ0) is 9.84. The van der Waals surface area contributed by atoms with Crippen LogP contribution in [0.1, 0.15) is 5.69 Å². The predicted octanol–water partition coefficient (Wildman–Crippen LogP) is 0.648. The number of nitrogens with two attached hydrogens (primary N) is 1. The Morgan fingerprint density at radius 3 is 2.92 bits per heavy atom. The molecule has 6 heteroatoms. The first kappa shape index (κ1) is 9.76. The van der Waals surface area contributed by atoms with E-state index in [0.717, 1.165) is 0 Å². The Hall–Kier alpha value is -1.33. The number of carbonyl (C=O) groups is 1. The Morgan fingerprint density at radius 2 is 2.38 bits per heavy atom. The van der Waals surface area contributed by atoms with E-state index >= 15 is 0 Å². The Balaban J connectivity index is 2.96. The summed E-state index contributed by atoms with van der Waals surface area (Å²) in [5.74, 6) is 4.50. The van der Waals surface area contributed by atoms with Gasteiger partial charge in [-0.2, -0.15) is 0 Å². The number of anilines is 1. The maximum Gasteiger partial charge on any atom is 0.309 e. The van der Waals surface area contributed by atoms with Crippen molar-refractivity contribution in [3.05, 3.63) is 22.8 Å². The van der Waals surface area contributed by atoms with Crippen LogP contribution in [0.2, 0.25) is 5.02 Å². The molecule has 0 fully saturated rings. The molecule has 4 N–H and O–H groups in total. The highest BCUT2D eigenvalue weighted by molar-refractivity contribution is 6.31. The number of hydrazine groups is 1. The van der Waals surface area contributed by atoms with Crippen LogP contribution in [0, 0.1) is 0 Å². The van der Waals surface area contributed by atoms with Gasteiger partial charge in [0, 0.05) is 0 Å². The van der Waals surface area contributed by atoms with Crippen molar-refractivity contribution >= 4 is 23.4 Å². The molecule has 0 unspecified atom stereocenters. The molecule has 1 rings (SSSR count). The highest BCUT2D eigenvalue weighted by Gasteiger charge is 2.07. The molecule has 1 aromatic heterocycles. The summed E-state index contributed by atoms with van der Waals surface area (Å²) in [5, 5.41) is 8.83. The lowest BCUT2D eigenvalue weighted by Gasteiger charge is -2.03. The quantitative estimate of drug-likeness (QED) is 0.494. The van der Waals surface area contributed by atoms with Crippen LogP contribution in [0.4, 0.5) is 5.82 Å². The van der Waals surface area contributed by atoms with E-state index in [-0.39, 0.29) is 6.42 Å². The van der Waals surface area contributed by atoms with Crippen LogP contribution in [-0.2, 0) is 11.2 Å². The van der Waals surface area contributed by atoms with Gasteiger partial charge in [0.15, 0.2) is 0 Å². The molecule has 1 heterocycles. The summed E-state index contributed by atoms with van der Waals surface area (Å²) in [4.78, 5) is 14.3. The lowest BCUT2D eigenvalue weighted by atomic mass is 10.2. The van der Waals surface area contributed by atoms with Gasteiger partial charge < -0.3 is 10.5 Å². The molecule has 0 aliphatic heterocycles. The third-order valence-electron chi connectivity index (χ3n) is 1.39. The molecule has 0 aliphatic rings. The number of hydrogen-bond donors (Lipinski definition) is 3. The fraction of sp³-hybridized carbons (Fsp3) is 0.143. The van der Waals surface area contributed by atoms with E-state index < -0.39 is 5.97 Å². The molecule has 5 nitrogen and oxygen atoms in total. The standard InChI is InChI=1S/C7H8ClN3O2/c8-4-1-2-6(11-9)10-5(4)3-7(12)13/h1-2H,3,9H2,(H,10,11)(H,12,13). The number of pyridine rings is 1. The second-order valence-corrected chi connectivity index (χ2v) is 2.75. The molecule has 0 radical (unpaired) electrons. The molecule has 0 atom stereocenters. The number of rotatable bonds is 3. The summed E-state index contributed by atoms with van der Waals surface area (Å²) >= 11 is 5.70. The third kappa shape index (κ3) is 2.57. The highest BCUT2D eigenvalue weighted by Crippen LogP contribution is 2.16. The molecular formula is C7H8ClN3O2. The Morgan fingerprint density at radius 1 is 1.69 bits per heavy atom. The lowest BCUT2D eigenvalue weighted by molar-refractivity contribution is -0.136. The van der Waals surface area contributed by atoms with Gasteiger partial charge in [-0.25, -0.2) is 10.8 Å². The van der Waals surface area contributed by atoms with E-state index in [2.05, 4.69) is 10.4 Å². The average molecular weight is 202 g/mol. The summed E-state index contributed by atoms with van der Waals surface area (Å²) in [6, 6.07) is 3.11. The number of hydrogen-bond acceptors (Lipinski definition) is 4. The van der Waals surface area contributed by atoms with Crippen LogP contribution in [0.15, 0.2) is 12.1 Å². The number of nitrogens with one attached hydrogen (secondary N) is 1. The number of aromatic nitrogens is 1. The van der Waals surface area contributed by atoms with Crippen LogP contribution < -0.4 is 11.3 Å². The van der Waals surface area contributed by atoms with Crippen molar-refractivity contribution in [1.29, 1.82) is 0 Å². The van der Waals surface area contributed by atoms with Crippen molar-refractivity contribution in [3.63, 3.8) is 0 Å². The molecule has 0 bridgehead atoms. The number of carboxylic acid groups (broad SMARTS) is 1. The second-order valence-electron chi connectivity index (χ2n) is 2.34. The maximum atomic E-state index is 10.4. The number of nitrogen functional groups attached to an aromatic ring is 1. The maximum absolute atomic E-state index is 10.4. The Kier molecular flexibility index (Phi) is 3.05. The summed E-state index contributed by atoms with van der Waals surface area (Å²) < 4.78 is 0. The van der Waals surface area contributed by atoms with Crippen molar-refractivity contribution in [1.82, 2.24) is 4.98 Å². The first-order valence-electron chi connectivity index (χ1n) is 3.47. The normalized spacial score (nSPS) is 9.69. The smallest absolute Gasteiger partial charge is 0.309 e. The van der Waals surface area contributed by atoms with Crippen molar-refractivity contribution in [2.24, 2.45) is 5.84 Å². The van der Waals surface area contributed by atoms with E-state index in [1.807, 2.05) is 0 Å². The topological polar surface area (TPSA) is 88.2 Å². The SMILES string of the molecule is NNc1ccc(Cl)c(CC(=O)O)n1. The minimum Gasteiger partial charge on any atom is -0.481 e. The van der Waals surface area contributed by atoms with Gasteiger partial charge in [0.25, 0.3) is 0 Å². The summed E-state index contributed by atoms with van der Waals surface area (Å²) in [6.45, 7) is 0. The van der Waals surface area contributed by atoms with Gasteiger partial charge >= 0.3 is 5.97 Å². The van der Waals surface area contributed by atoms with E-state index in [1.54, 1.807) is 12.1 Å². The molecule has 0 spiro atoms. The molecular weight excluding hydrogens is 194 g/mol. The molecule has 13 heavy (non-hydrogen) atoms. The van der Waals surface area contributed by atoms with Crippen molar-refractivity contribution in [3.8, 4) is 0 Å². The largest absolute Gasteiger partial charge is 0.481 e. The van der Waals surface area contributed by atoms with E-state index in [9.17, 15) is 4.79 Å². The minimum atomic E-state index is -0.983. The van der Waals surface area contributed by atoms with Crippen LogP contribution in [0.3, 0.4) is 0 Å². The molecule has 1 aromatic rings. The van der Waals surface area contributed by atoms with E-state index in [1.165, 1.54) is 0 Å². The van der Waals surface area contributed by atoms with Crippen LogP contribution in [0.5, 0.6) is 0 Å². The van der Waals surface area contributed by atoms with Crippen molar-refractivity contribution in [2.75, 3.05) is 5.43 Å². The van der Waals surface area contributed by atoms with Gasteiger partial charge in [0.2, 0.25) is 0 Å². The van der Waals surface area contributed by atoms with Crippen molar-refractivity contribution in [2.45, 2.75) is 6.42 Å². The van der Waals surface area contributed by atoms with E-state index in [4.69, 9.17) is 22.6 Å². The minimum absolute atomic E-state index is 0.214. The molecule has 0 saturated carbocycles. The number of aliphatic carboxylic acids is 1. The van der Waals surface area contributed by atoms with Gasteiger partial charge in [-0.15, -0.1) is 0 Å². The molecule has 0 aromatic carbocycles. The van der Waals surface area contributed by atoms with Gasteiger partial charge in [0.1, 0.15) is 5.82 Å². The van der Waals surface area contributed by atoms with Crippen molar-refractivity contribution < 1.29 is 9.90 Å². The molecule has 0 aliphatic carbocycles. The molecule has 0 amide bonds. The second kappa shape index (κ2) is 4.06. The summed E-state index contributed by atoms with van der Waals surface area (Å²) in [6.07, 6.45) is -0.214. The van der Waals surface area contributed by atoms with Gasteiger partial charge in [0.05, 0.1) is 17.1 Å². The van der Waals surface area contributed by atoms with Crippen LogP contribution in [-0.4, -0.2) is 16.1 Å². The van der Waals surface area contributed by atoms with E-state index in [0.29, 0.717) is 16.5 Å². The fourth-order valence-electron chi connectivity index (χ4n) is 0.832. The monoisotopic (exact) mass is 201 g/mol. The zero-order valence-electron chi connectivity index (χ0n) is 6.62. The lowest BCUT2D eigenvalue weighted by Crippen LogP contribution is -2.11. The summed E-state index contributed by atoms with van der Waals surface area (Å²) in [7, 11) is 0. The highest BCUT2D eigenvalue weighted by atomic mass is 35.5. The first-order valence-corrected chi connectivity index (χ1v) is 3.85. The molecule has 0 saturated heterocycles. The fourth-order valence-corrected chi connectivity index (χ4v) is 1.00. The Bertz CT molecular complexity index is 330.